The standard InChI is InChI=1S/C13H18ClN3O2/c1-19-10-4-5-17(7-10)8-13(18)16-12-3-2-9(15)6-11(12)14/h2-3,6,10H,4-5,7-8,15H2,1H3,(H,16,18). The zero-order chi connectivity index (χ0) is 13.8. The number of nitrogen functional groups attached to an aromatic ring is 1. The fraction of sp³-hybridized carbons (Fsp3) is 0.462. The number of carbonyl (C=O) groups is 1. The lowest BCUT2D eigenvalue weighted by Crippen LogP contribution is -2.32. The molecule has 6 heteroatoms. The van der Waals surface area contributed by atoms with Crippen LogP contribution in [0, 0.1) is 0 Å². The minimum atomic E-state index is -0.0802. The van der Waals surface area contributed by atoms with Gasteiger partial charge >= 0.3 is 0 Å². The van der Waals surface area contributed by atoms with E-state index in [9.17, 15) is 4.79 Å². The van der Waals surface area contributed by atoms with Gasteiger partial charge in [-0.05, 0) is 24.6 Å². The van der Waals surface area contributed by atoms with Crippen molar-refractivity contribution < 1.29 is 9.53 Å². The molecule has 1 heterocycles. The Morgan fingerprint density at radius 2 is 2.42 bits per heavy atom. The van der Waals surface area contributed by atoms with Gasteiger partial charge in [-0.3, -0.25) is 9.69 Å². The van der Waals surface area contributed by atoms with Crippen molar-refractivity contribution in [3.63, 3.8) is 0 Å². The van der Waals surface area contributed by atoms with Crippen LogP contribution in [0.3, 0.4) is 0 Å². The summed E-state index contributed by atoms with van der Waals surface area (Å²) in [4.78, 5) is 14.0. The molecule has 1 aromatic rings. The number of hydrogen-bond acceptors (Lipinski definition) is 4. The maximum Gasteiger partial charge on any atom is 0.238 e. The number of amides is 1. The second kappa shape index (κ2) is 6.23. The Balaban J connectivity index is 1.87. The van der Waals surface area contributed by atoms with Crippen LogP contribution in [0.1, 0.15) is 6.42 Å². The summed E-state index contributed by atoms with van der Waals surface area (Å²) in [6, 6.07) is 5.03. The van der Waals surface area contributed by atoms with Crippen molar-refractivity contribution >= 4 is 28.9 Å². The number of likely N-dealkylation sites (tertiary alicyclic amines) is 1. The first-order valence-electron chi connectivity index (χ1n) is 6.18. The molecule has 104 valence electrons. The largest absolute Gasteiger partial charge is 0.399 e. The molecular weight excluding hydrogens is 266 g/mol. The number of hydrogen-bond donors (Lipinski definition) is 2. The molecule has 1 amide bonds. The highest BCUT2D eigenvalue weighted by molar-refractivity contribution is 6.34. The summed E-state index contributed by atoms with van der Waals surface area (Å²) in [5.74, 6) is -0.0802. The van der Waals surface area contributed by atoms with Gasteiger partial charge in [0.25, 0.3) is 0 Å². The quantitative estimate of drug-likeness (QED) is 0.824. The van der Waals surface area contributed by atoms with Crippen LogP contribution in [0.25, 0.3) is 0 Å². The van der Waals surface area contributed by atoms with Crippen molar-refractivity contribution in [2.45, 2.75) is 12.5 Å². The van der Waals surface area contributed by atoms with Crippen LogP contribution >= 0.6 is 11.6 Å². The SMILES string of the molecule is COC1CCN(CC(=O)Nc2ccc(N)cc2Cl)C1. The van der Waals surface area contributed by atoms with Gasteiger partial charge in [0.05, 0.1) is 23.4 Å². The van der Waals surface area contributed by atoms with Gasteiger partial charge in [0.1, 0.15) is 0 Å². The summed E-state index contributed by atoms with van der Waals surface area (Å²) in [5.41, 5.74) is 6.76. The van der Waals surface area contributed by atoms with E-state index < -0.39 is 0 Å². The number of rotatable bonds is 4. The lowest BCUT2D eigenvalue weighted by molar-refractivity contribution is -0.117. The normalized spacial score (nSPS) is 19.6. The van der Waals surface area contributed by atoms with E-state index >= 15 is 0 Å². The van der Waals surface area contributed by atoms with Crippen molar-refractivity contribution in [2.75, 3.05) is 37.8 Å². The molecule has 0 saturated carbocycles. The molecule has 1 atom stereocenters. The Hall–Kier alpha value is -1.30. The van der Waals surface area contributed by atoms with Gasteiger partial charge < -0.3 is 15.8 Å². The van der Waals surface area contributed by atoms with Gasteiger partial charge in [0, 0.05) is 25.9 Å². The van der Waals surface area contributed by atoms with E-state index in [1.165, 1.54) is 0 Å². The number of ether oxygens (including phenoxy) is 1. The average Bonchev–Trinajstić information content (AvgIpc) is 2.80. The van der Waals surface area contributed by atoms with E-state index in [0.29, 0.717) is 22.9 Å². The first-order valence-corrected chi connectivity index (χ1v) is 6.56. The summed E-state index contributed by atoms with van der Waals surface area (Å²) in [5, 5.41) is 3.24. The van der Waals surface area contributed by atoms with Gasteiger partial charge in [0.2, 0.25) is 5.91 Å². The third-order valence-corrected chi connectivity index (χ3v) is 3.51. The van der Waals surface area contributed by atoms with Crippen LogP contribution in [0.5, 0.6) is 0 Å². The number of methoxy groups -OCH3 is 1. The lowest BCUT2D eigenvalue weighted by atomic mass is 10.3. The topological polar surface area (TPSA) is 67.6 Å². The average molecular weight is 284 g/mol. The molecule has 0 aliphatic carbocycles. The Kier molecular flexibility index (Phi) is 4.63. The van der Waals surface area contributed by atoms with Gasteiger partial charge in [-0.25, -0.2) is 0 Å². The molecule has 2 rings (SSSR count). The fourth-order valence-electron chi connectivity index (χ4n) is 2.16. The molecule has 3 N–H and O–H groups in total. The molecule has 0 spiro atoms. The van der Waals surface area contributed by atoms with Crippen molar-refractivity contribution in [1.82, 2.24) is 4.90 Å². The summed E-state index contributed by atoms with van der Waals surface area (Å²) in [6.07, 6.45) is 1.19. The number of anilines is 2. The number of nitrogens with zero attached hydrogens (tertiary/aromatic N) is 1. The van der Waals surface area contributed by atoms with Gasteiger partial charge in [0.15, 0.2) is 0 Å². The summed E-state index contributed by atoms with van der Waals surface area (Å²) >= 11 is 6.01. The van der Waals surface area contributed by atoms with Gasteiger partial charge in [-0.1, -0.05) is 11.6 Å². The van der Waals surface area contributed by atoms with Crippen LogP contribution in [-0.4, -0.2) is 43.7 Å². The Bertz CT molecular complexity index is 467. The minimum absolute atomic E-state index is 0.0802. The fourth-order valence-corrected chi connectivity index (χ4v) is 2.39. The Labute approximate surface area is 117 Å². The van der Waals surface area contributed by atoms with E-state index in [1.807, 2.05) is 0 Å². The summed E-state index contributed by atoms with van der Waals surface area (Å²) in [7, 11) is 1.70. The molecular formula is C13H18ClN3O2. The van der Waals surface area contributed by atoms with E-state index in [2.05, 4.69) is 10.2 Å². The monoisotopic (exact) mass is 283 g/mol. The highest BCUT2D eigenvalue weighted by atomic mass is 35.5. The first-order chi connectivity index (χ1) is 9.08. The van der Waals surface area contributed by atoms with Crippen molar-refractivity contribution in [3.05, 3.63) is 23.2 Å². The molecule has 0 radical (unpaired) electrons. The molecule has 1 saturated heterocycles. The predicted octanol–water partition coefficient (Wildman–Crippen LogP) is 1.58. The Morgan fingerprint density at radius 3 is 3.05 bits per heavy atom. The molecule has 0 bridgehead atoms. The van der Waals surface area contributed by atoms with E-state index in [0.717, 1.165) is 19.5 Å². The molecule has 0 aromatic heterocycles. The molecule has 1 aliphatic rings. The van der Waals surface area contributed by atoms with E-state index in [1.54, 1.807) is 25.3 Å². The zero-order valence-corrected chi connectivity index (χ0v) is 11.6. The predicted molar refractivity (Wildman–Crippen MR) is 76.3 cm³/mol. The minimum Gasteiger partial charge on any atom is -0.399 e. The van der Waals surface area contributed by atoms with Crippen LogP contribution in [-0.2, 0) is 9.53 Å². The second-order valence-corrected chi connectivity index (χ2v) is 5.08. The molecule has 1 aliphatic heterocycles. The highest BCUT2D eigenvalue weighted by Crippen LogP contribution is 2.24. The molecule has 19 heavy (non-hydrogen) atoms. The number of nitrogens with one attached hydrogen (secondary N) is 1. The third kappa shape index (κ3) is 3.83. The van der Waals surface area contributed by atoms with Crippen molar-refractivity contribution in [1.29, 1.82) is 0 Å². The smallest absolute Gasteiger partial charge is 0.238 e. The lowest BCUT2D eigenvalue weighted by Gasteiger charge is -2.15. The van der Waals surface area contributed by atoms with Crippen LogP contribution in [0.15, 0.2) is 18.2 Å². The molecule has 1 aromatic carbocycles. The van der Waals surface area contributed by atoms with Gasteiger partial charge in [-0.2, -0.15) is 0 Å². The van der Waals surface area contributed by atoms with Crippen molar-refractivity contribution in [3.8, 4) is 0 Å². The van der Waals surface area contributed by atoms with E-state index in [-0.39, 0.29) is 12.0 Å². The first kappa shape index (κ1) is 14.1. The van der Waals surface area contributed by atoms with Crippen LogP contribution in [0.4, 0.5) is 11.4 Å². The highest BCUT2D eigenvalue weighted by Gasteiger charge is 2.23. The van der Waals surface area contributed by atoms with Crippen LogP contribution < -0.4 is 11.1 Å². The van der Waals surface area contributed by atoms with E-state index in [4.69, 9.17) is 22.1 Å². The zero-order valence-electron chi connectivity index (χ0n) is 10.9. The maximum absolute atomic E-state index is 11.9. The molecule has 1 fully saturated rings. The second-order valence-electron chi connectivity index (χ2n) is 4.67. The summed E-state index contributed by atoms with van der Waals surface area (Å²) in [6.45, 7) is 2.02. The Morgan fingerprint density at radius 1 is 1.63 bits per heavy atom. The summed E-state index contributed by atoms with van der Waals surface area (Å²) < 4.78 is 5.27. The molecule has 1 unspecified atom stereocenters. The van der Waals surface area contributed by atoms with Crippen molar-refractivity contribution in [2.24, 2.45) is 0 Å². The number of benzene rings is 1. The number of nitrogens with two attached hydrogens (primary N) is 1. The van der Waals surface area contributed by atoms with Crippen LogP contribution in [0.2, 0.25) is 5.02 Å². The maximum atomic E-state index is 11.9. The van der Waals surface area contributed by atoms with Gasteiger partial charge in [-0.15, -0.1) is 0 Å². The third-order valence-electron chi connectivity index (χ3n) is 3.20. The molecule has 5 nitrogen and oxygen atoms in total. The number of halogens is 1. The number of carbonyl (C=O) groups excluding carboxylic acids is 1.